The topological polar surface area (TPSA) is 83.0 Å². The van der Waals surface area contributed by atoms with E-state index in [0.29, 0.717) is 17.9 Å². The summed E-state index contributed by atoms with van der Waals surface area (Å²) in [6.07, 6.45) is 3.30. The first-order valence-electron chi connectivity index (χ1n) is 13.1. The fourth-order valence-corrected chi connectivity index (χ4v) is 4.83. The van der Waals surface area contributed by atoms with E-state index < -0.39 is 17.7 Å². The first-order valence-corrected chi connectivity index (χ1v) is 13.1. The molecule has 1 atom stereocenters. The Kier molecular flexibility index (Phi) is 7.64. The number of hydrogen-bond donors (Lipinski definition) is 1. The number of benzene rings is 3. The summed E-state index contributed by atoms with van der Waals surface area (Å²) in [5.74, 6) is -0.956. The Morgan fingerprint density at radius 3 is 2.25 bits per heavy atom. The SMILES string of the molecule is Cc1ccccc1COc1ccc(C(O)=C2C(=O)C(=O)N(Cc3ccncc3)C2c2ccc(N(C)C)cc2)cc1. The number of Topliss-reactive ketones (excluding diaryl/α,β-unsaturated/α-hetero) is 1. The Balaban J connectivity index is 1.48. The number of nitrogens with zero attached hydrogens (tertiary/aromatic N) is 3. The van der Waals surface area contributed by atoms with Crippen LogP contribution in [0.25, 0.3) is 5.76 Å². The summed E-state index contributed by atoms with van der Waals surface area (Å²) in [5, 5.41) is 11.4. The van der Waals surface area contributed by atoms with Crippen molar-refractivity contribution in [3.05, 3.63) is 131 Å². The van der Waals surface area contributed by atoms with Crippen molar-refractivity contribution in [1.82, 2.24) is 9.88 Å². The van der Waals surface area contributed by atoms with Gasteiger partial charge in [-0.2, -0.15) is 0 Å². The molecular weight excluding hydrogens is 502 g/mol. The van der Waals surface area contributed by atoms with Crippen molar-refractivity contribution in [2.75, 3.05) is 19.0 Å². The molecule has 3 aromatic carbocycles. The van der Waals surface area contributed by atoms with E-state index in [1.165, 1.54) is 4.90 Å². The molecule has 1 saturated heterocycles. The third-order valence-electron chi connectivity index (χ3n) is 7.15. The highest BCUT2D eigenvalue weighted by Crippen LogP contribution is 2.40. The maximum Gasteiger partial charge on any atom is 0.295 e. The summed E-state index contributed by atoms with van der Waals surface area (Å²) in [6.45, 7) is 2.66. The molecule has 202 valence electrons. The third kappa shape index (κ3) is 5.45. The third-order valence-corrected chi connectivity index (χ3v) is 7.15. The van der Waals surface area contributed by atoms with Gasteiger partial charge in [0, 0.05) is 44.3 Å². The lowest BCUT2D eigenvalue weighted by molar-refractivity contribution is -0.140. The van der Waals surface area contributed by atoms with E-state index in [-0.39, 0.29) is 17.9 Å². The quantitative estimate of drug-likeness (QED) is 0.179. The molecule has 0 saturated carbocycles. The van der Waals surface area contributed by atoms with E-state index in [1.54, 1.807) is 48.8 Å². The first kappa shape index (κ1) is 26.7. The predicted octanol–water partition coefficient (Wildman–Crippen LogP) is 5.66. The van der Waals surface area contributed by atoms with Crippen LogP contribution in [0.3, 0.4) is 0 Å². The molecular formula is C33H31N3O4. The number of anilines is 1. The van der Waals surface area contributed by atoms with E-state index in [4.69, 9.17) is 4.74 Å². The minimum absolute atomic E-state index is 0.0604. The molecule has 0 radical (unpaired) electrons. The van der Waals surface area contributed by atoms with Crippen LogP contribution in [0.15, 0.2) is 103 Å². The van der Waals surface area contributed by atoms with Gasteiger partial charge in [-0.15, -0.1) is 0 Å². The molecule has 4 aromatic rings. The molecule has 7 heteroatoms. The Morgan fingerprint density at radius 1 is 0.925 bits per heavy atom. The van der Waals surface area contributed by atoms with Crippen molar-refractivity contribution < 1.29 is 19.4 Å². The van der Waals surface area contributed by atoms with Crippen molar-refractivity contribution >= 4 is 23.1 Å². The van der Waals surface area contributed by atoms with Gasteiger partial charge in [0.15, 0.2) is 0 Å². The average Bonchev–Trinajstić information content (AvgIpc) is 3.22. The van der Waals surface area contributed by atoms with Gasteiger partial charge in [0.25, 0.3) is 11.7 Å². The number of rotatable bonds is 8. The zero-order valence-electron chi connectivity index (χ0n) is 22.7. The van der Waals surface area contributed by atoms with Crippen LogP contribution in [-0.4, -0.2) is 40.8 Å². The van der Waals surface area contributed by atoms with Crippen molar-refractivity contribution in [2.24, 2.45) is 0 Å². The van der Waals surface area contributed by atoms with Crippen LogP contribution in [0.1, 0.15) is 33.9 Å². The first-order chi connectivity index (χ1) is 19.3. The molecule has 7 nitrogen and oxygen atoms in total. The smallest absolute Gasteiger partial charge is 0.295 e. The Labute approximate surface area is 234 Å². The molecule has 2 heterocycles. The molecule has 1 aliphatic rings. The normalized spacial score (nSPS) is 16.3. The number of ketones is 1. The zero-order valence-corrected chi connectivity index (χ0v) is 22.7. The number of carbonyl (C=O) groups excluding carboxylic acids is 2. The summed E-state index contributed by atoms with van der Waals surface area (Å²) in [6, 6.07) is 25.4. The van der Waals surface area contributed by atoms with E-state index in [2.05, 4.69) is 4.98 Å². The molecule has 40 heavy (non-hydrogen) atoms. The van der Waals surface area contributed by atoms with Crippen LogP contribution in [0, 0.1) is 6.92 Å². The minimum atomic E-state index is -0.749. The number of pyridine rings is 1. The van der Waals surface area contributed by atoms with Crippen LogP contribution in [0.5, 0.6) is 5.75 Å². The number of hydrogen-bond acceptors (Lipinski definition) is 6. The van der Waals surface area contributed by atoms with Crippen molar-refractivity contribution in [1.29, 1.82) is 0 Å². The van der Waals surface area contributed by atoms with E-state index in [9.17, 15) is 14.7 Å². The number of amides is 1. The fraction of sp³-hybridized carbons (Fsp3) is 0.182. The minimum Gasteiger partial charge on any atom is -0.507 e. The number of likely N-dealkylation sites (tertiary alicyclic amines) is 1. The summed E-state index contributed by atoms with van der Waals surface area (Å²) in [4.78, 5) is 34.2. The van der Waals surface area contributed by atoms with Gasteiger partial charge in [-0.3, -0.25) is 14.6 Å². The largest absolute Gasteiger partial charge is 0.507 e. The van der Waals surface area contributed by atoms with Gasteiger partial charge in [-0.25, -0.2) is 0 Å². The number of carbonyl (C=O) groups is 2. The second kappa shape index (κ2) is 11.5. The second-order valence-corrected chi connectivity index (χ2v) is 10.0. The van der Waals surface area contributed by atoms with Crippen molar-refractivity contribution in [3.63, 3.8) is 0 Å². The average molecular weight is 534 g/mol. The summed E-state index contributed by atoms with van der Waals surface area (Å²) < 4.78 is 5.94. The van der Waals surface area contributed by atoms with Gasteiger partial charge in [-0.1, -0.05) is 36.4 Å². The maximum absolute atomic E-state index is 13.4. The lowest BCUT2D eigenvalue weighted by Crippen LogP contribution is -2.29. The van der Waals surface area contributed by atoms with Crippen LogP contribution >= 0.6 is 0 Å². The molecule has 0 spiro atoms. The van der Waals surface area contributed by atoms with Gasteiger partial charge < -0.3 is 19.6 Å². The summed E-state index contributed by atoms with van der Waals surface area (Å²) in [5.41, 5.74) is 5.28. The summed E-state index contributed by atoms with van der Waals surface area (Å²) in [7, 11) is 3.89. The Hall–Kier alpha value is -4.91. The standard InChI is InChI=1S/C33H31N3O4/c1-22-6-4-5-7-26(22)21-40-28-14-10-25(11-15-28)31(37)29-30(24-8-12-27(13-9-24)35(2)3)36(33(39)32(29)38)20-23-16-18-34-19-17-23/h4-19,30,37H,20-21H2,1-3H3. The number of aryl methyl sites for hydroxylation is 1. The van der Waals surface area contributed by atoms with Gasteiger partial charge >= 0.3 is 0 Å². The van der Waals surface area contributed by atoms with Crippen molar-refractivity contribution in [2.45, 2.75) is 26.1 Å². The van der Waals surface area contributed by atoms with E-state index >= 15 is 0 Å². The molecule has 1 amide bonds. The Bertz CT molecular complexity index is 1550. The molecule has 1 unspecified atom stereocenters. The lowest BCUT2D eigenvalue weighted by Gasteiger charge is -2.26. The van der Waals surface area contributed by atoms with Crippen LogP contribution in [0.4, 0.5) is 5.69 Å². The van der Waals surface area contributed by atoms with Gasteiger partial charge in [0.2, 0.25) is 0 Å². The number of aromatic nitrogens is 1. The van der Waals surface area contributed by atoms with Gasteiger partial charge in [0.1, 0.15) is 18.1 Å². The van der Waals surface area contributed by atoms with Crippen LogP contribution in [0.2, 0.25) is 0 Å². The Morgan fingerprint density at radius 2 is 1.60 bits per heavy atom. The number of aliphatic hydroxyl groups is 1. The van der Waals surface area contributed by atoms with Crippen LogP contribution in [-0.2, 0) is 22.7 Å². The van der Waals surface area contributed by atoms with Gasteiger partial charge in [-0.05, 0) is 77.7 Å². The summed E-state index contributed by atoms with van der Waals surface area (Å²) >= 11 is 0. The highest BCUT2D eigenvalue weighted by atomic mass is 16.5. The molecule has 0 bridgehead atoms. The van der Waals surface area contributed by atoms with Crippen molar-refractivity contribution in [3.8, 4) is 5.75 Å². The van der Waals surface area contributed by atoms with Gasteiger partial charge in [0.05, 0.1) is 11.6 Å². The molecule has 1 fully saturated rings. The number of ether oxygens (including phenoxy) is 1. The molecule has 1 N–H and O–H groups in total. The molecule has 1 aliphatic heterocycles. The highest BCUT2D eigenvalue weighted by molar-refractivity contribution is 6.46. The maximum atomic E-state index is 13.4. The monoisotopic (exact) mass is 533 g/mol. The molecule has 1 aromatic heterocycles. The molecule has 0 aliphatic carbocycles. The number of aliphatic hydroxyl groups excluding tert-OH is 1. The molecule has 5 rings (SSSR count). The second-order valence-electron chi connectivity index (χ2n) is 10.0. The predicted molar refractivity (Wildman–Crippen MR) is 155 cm³/mol. The lowest BCUT2D eigenvalue weighted by atomic mass is 9.95. The fourth-order valence-electron chi connectivity index (χ4n) is 4.83. The zero-order chi connectivity index (χ0) is 28.2. The highest BCUT2D eigenvalue weighted by Gasteiger charge is 2.46. The van der Waals surface area contributed by atoms with E-state index in [0.717, 1.165) is 27.9 Å². The van der Waals surface area contributed by atoms with E-state index in [1.807, 2.05) is 74.4 Å². The van der Waals surface area contributed by atoms with Crippen LogP contribution < -0.4 is 9.64 Å².